The average molecular weight is 463 g/mol. The van der Waals surface area contributed by atoms with Crippen LogP contribution in [0.25, 0.3) is 22.3 Å². The smallest absolute Gasteiger partial charge is 0.255 e. The van der Waals surface area contributed by atoms with Crippen LogP contribution in [-0.4, -0.2) is 39.4 Å². The van der Waals surface area contributed by atoms with Crippen molar-refractivity contribution in [1.82, 2.24) is 19.9 Å². The van der Waals surface area contributed by atoms with Crippen molar-refractivity contribution in [2.75, 3.05) is 13.7 Å². The minimum atomic E-state index is -0.369. The van der Waals surface area contributed by atoms with E-state index >= 15 is 0 Å². The van der Waals surface area contributed by atoms with Gasteiger partial charge in [-0.25, -0.2) is 15.0 Å². The van der Waals surface area contributed by atoms with Gasteiger partial charge in [0.05, 0.1) is 35.7 Å². The van der Waals surface area contributed by atoms with Crippen molar-refractivity contribution >= 4 is 16.9 Å². The fraction of sp³-hybridized carbons (Fsp3) is 0.143. The maximum absolute atomic E-state index is 13.4. The van der Waals surface area contributed by atoms with E-state index < -0.39 is 0 Å². The number of carbonyl (C=O) groups is 1. The van der Waals surface area contributed by atoms with Gasteiger partial charge in [-0.2, -0.15) is 0 Å². The van der Waals surface area contributed by atoms with Crippen LogP contribution in [0.4, 0.5) is 0 Å². The number of methoxy groups -OCH3 is 1. The largest absolute Gasteiger partial charge is 0.497 e. The summed E-state index contributed by atoms with van der Waals surface area (Å²) >= 11 is 0. The zero-order valence-corrected chi connectivity index (χ0v) is 19.1. The predicted octanol–water partition coefficient (Wildman–Crippen LogP) is 5.08. The monoisotopic (exact) mass is 462 g/mol. The molecule has 1 aliphatic heterocycles. The van der Waals surface area contributed by atoms with Crippen LogP contribution >= 0.6 is 0 Å². The molecule has 0 fully saturated rings. The van der Waals surface area contributed by atoms with Gasteiger partial charge in [-0.1, -0.05) is 30.3 Å². The molecule has 0 saturated carbocycles. The standard InChI is InChI=1S/C28H22N4O3/c1-34-19-12-10-18(11-13-19)25-24(30-22-8-4-5-9-23(22)31-25)14-16-32-26(27-29-15-17-35-27)20-6-2-3-7-21(20)28(32)33/h2-13,15,17,26H,14,16H2,1H3. The number of rotatable bonds is 6. The lowest BCUT2D eigenvalue weighted by Gasteiger charge is -2.23. The van der Waals surface area contributed by atoms with Gasteiger partial charge in [0, 0.05) is 24.1 Å². The van der Waals surface area contributed by atoms with Gasteiger partial charge in [0.1, 0.15) is 18.1 Å². The van der Waals surface area contributed by atoms with Crippen molar-refractivity contribution in [3.05, 3.63) is 108 Å². The number of para-hydroxylation sites is 2. The third-order valence-electron chi connectivity index (χ3n) is 6.34. The Morgan fingerprint density at radius 3 is 2.43 bits per heavy atom. The van der Waals surface area contributed by atoms with Gasteiger partial charge in [-0.15, -0.1) is 0 Å². The molecule has 0 radical (unpaired) electrons. The summed E-state index contributed by atoms with van der Waals surface area (Å²) in [6.45, 7) is 0.441. The van der Waals surface area contributed by atoms with E-state index in [-0.39, 0.29) is 11.9 Å². The highest BCUT2D eigenvalue weighted by molar-refractivity contribution is 5.99. The van der Waals surface area contributed by atoms with Crippen molar-refractivity contribution < 1.29 is 13.9 Å². The van der Waals surface area contributed by atoms with E-state index in [0.29, 0.717) is 24.4 Å². The number of nitrogens with zero attached hydrogens (tertiary/aromatic N) is 4. The molecule has 35 heavy (non-hydrogen) atoms. The average Bonchev–Trinajstić information content (AvgIpc) is 3.53. The minimum Gasteiger partial charge on any atom is -0.497 e. The number of ether oxygens (including phenoxy) is 1. The summed E-state index contributed by atoms with van der Waals surface area (Å²) in [7, 11) is 1.64. The van der Waals surface area contributed by atoms with E-state index in [0.717, 1.165) is 39.3 Å². The van der Waals surface area contributed by atoms with E-state index in [4.69, 9.17) is 19.1 Å². The Balaban J connectivity index is 1.38. The van der Waals surface area contributed by atoms with Crippen LogP contribution in [0.1, 0.15) is 33.5 Å². The summed E-state index contributed by atoms with van der Waals surface area (Å²) in [4.78, 5) is 29.4. The maximum Gasteiger partial charge on any atom is 0.255 e. The number of amides is 1. The quantitative estimate of drug-likeness (QED) is 0.350. The van der Waals surface area contributed by atoms with E-state index in [2.05, 4.69) is 4.98 Å². The van der Waals surface area contributed by atoms with Gasteiger partial charge in [0.25, 0.3) is 5.91 Å². The predicted molar refractivity (Wildman–Crippen MR) is 131 cm³/mol. The Labute approximate surface area is 202 Å². The van der Waals surface area contributed by atoms with Crippen LogP contribution in [0.15, 0.2) is 89.7 Å². The van der Waals surface area contributed by atoms with E-state index in [9.17, 15) is 4.79 Å². The lowest BCUT2D eigenvalue weighted by atomic mass is 10.0. The van der Waals surface area contributed by atoms with Gasteiger partial charge in [-0.05, 0) is 48.0 Å². The Bertz CT molecular complexity index is 1510. The van der Waals surface area contributed by atoms with Crippen molar-refractivity contribution in [1.29, 1.82) is 0 Å². The van der Waals surface area contributed by atoms with Crippen LogP contribution in [0.2, 0.25) is 0 Å². The second-order valence-electron chi connectivity index (χ2n) is 8.34. The van der Waals surface area contributed by atoms with Crippen LogP contribution in [0.3, 0.4) is 0 Å². The second-order valence-corrected chi connectivity index (χ2v) is 8.34. The molecule has 7 nitrogen and oxygen atoms in total. The molecule has 0 spiro atoms. The molecule has 172 valence electrons. The summed E-state index contributed by atoms with van der Waals surface area (Å²) in [5.74, 6) is 1.24. The lowest BCUT2D eigenvalue weighted by molar-refractivity contribution is 0.0734. The molecular formula is C28H22N4O3. The Hall–Kier alpha value is -4.52. The molecule has 1 atom stereocenters. The fourth-order valence-corrected chi connectivity index (χ4v) is 4.65. The number of hydrogen-bond donors (Lipinski definition) is 0. The summed E-state index contributed by atoms with van der Waals surface area (Å²) in [5.41, 5.74) is 5.78. The number of aromatic nitrogens is 3. The Morgan fingerprint density at radius 1 is 0.943 bits per heavy atom. The zero-order valence-electron chi connectivity index (χ0n) is 19.1. The summed E-state index contributed by atoms with van der Waals surface area (Å²) < 4.78 is 10.9. The third-order valence-corrected chi connectivity index (χ3v) is 6.34. The van der Waals surface area contributed by atoms with Gasteiger partial charge in [0.2, 0.25) is 5.89 Å². The molecule has 1 aliphatic rings. The first-order chi connectivity index (χ1) is 17.2. The number of hydrogen-bond acceptors (Lipinski definition) is 6. The zero-order chi connectivity index (χ0) is 23.8. The molecule has 5 aromatic rings. The molecule has 3 heterocycles. The molecule has 3 aromatic carbocycles. The second kappa shape index (κ2) is 8.68. The number of carbonyl (C=O) groups excluding carboxylic acids is 1. The molecule has 1 unspecified atom stereocenters. The lowest BCUT2D eigenvalue weighted by Crippen LogP contribution is -2.31. The van der Waals surface area contributed by atoms with Crippen molar-refractivity contribution in [2.45, 2.75) is 12.5 Å². The molecule has 0 saturated heterocycles. The highest BCUT2D eigenvalue weighted by atomic mass is 16.5. The number of oxazole rings is 1. The molecule has 0 N–H and O–H groups in total. The molecule has 1 amide bonds. The van der Waals surface area contributed by atoms with E-state index in [1.807, 2.05) is 77.7 Å². The first-order valence-corrected chi connectivity index (χ1v) is 11.4. The SMILES string of the molecule is COc1ccc(-c2nc3ccccc3nc2CCN2C(=O)c3ccccc3C2c2ncco2)cc1. The first kappa shape index (κ1) is 21.0. The Morgan fingerprint density at radius 2 is 1.69 bits per heavy atom. The highest BCUT2D eigenvalue weighted by Crippen LogP contribution is 2.38. The highest BCUT2D eigenvalue weighted by Gasteiger charge is 2.39. The normalized spacial score (nSPS) is 14.9. The van der Waals surface area contributed by atoms with Crippen molar-refractivity contribution in [3.8, 4) is 17.0 Å². The van der Waals surface area contributed by atoms with Gasteiger partial charge < -0.3 is 14.1 Å². The van der Waals surface area contributed by atoms with E-state index in [1.165, 1.54) is 6.26 Å². The third kappa shape index (κ3) is 3.71. The number of fused-ring (bicyclic) bond motifs is 2. The van der Waals surface area contributed by atoms with Crippen LogP contribution in [-0.2, 0) is 6.42 Å². The topological polar surface area (TPSA) is 81.4 Å². The van der Waals surface area contributed by atoms with Gasteiger partial charge in [-0.3, -0.25) is 4.79 Å². The molecular weight excluding hydrogens is 440 g/mol. The van der Waals surface area contributed by atoms with Crippen molar-refractivity contribution in [2.24, 2.45) is 0 Å². The summed E-state index contributed by atoms with van der Waals surface area (Å²) in [5, 5.41) is 0. The molecule has 0 bridgehead atoms. The minimum absolute atomic E-state index is 0.0384. The van der Waals surface area contributed by atoms with E-state index in [1.54, 1.807) is 13.3 Å². The first-order valence-electron chi connectivity index (χ1n) is 11.4. The molecule has 6 rings (SSSR count). The maximum atomic E-state index is 13.4. The molecule has 0 aliphatic carbocycles. The number of benzene rings is 3. The Kier molecular flexibility index (Phi) is 5.22. The molecule has 2 aromatic heterocycles. The van der Waals surface area contributed by atoms with Crippen molar-refractivity contribution in [3.63, 3.8) is 0 Å². The van der Waals surface area contributed by atoms with Crippen LogP contribution < -0.4 is 4.74 Å². The van der Waals surface area contributed by atoms with Crippen LogP contribution in [0, 0.1) is 0 Å². The molecule has 7 heteroatoms. The summed E-state index contributed by atoms with van der Waals surface area (Å²) in [6.07, 6.45) is 3.67. The fourth-order valence-electron chi connectivity index (χ4n) is 4.65. The van der Waals surface area contributed by atoms with Gasteiger partial charge in [0.15, 0.2) is 0 Å². The van der Waals surface area contributed by atoms with Crippen LogP contribution in [0.5, 0.6) is 5.75 Å². The summed E-state index contributed by atoms with van der Waals surface area (Å²) in [6, 6.07) is 22.9. The van der Waals surface area contributed by atoms with Gasteiger partial charge >= 0.3 is 0 Å².